The van der Waals surface area contributed by atoms with Crippen LogP contribution < -0.4 is 5.32 Å². The van der Waals surface area contributed by atoms with Crippen molar-refractivity contribution >= 4 is 0 Å². The van der Waals surface area contributed by atoms with Gasteiger partial charge in [-0.05, 0) is 58.8 Å². The quantitative estimate of drug-likeness (QED) is 0.330. The van der Waals surface area contributed by atoms with Crippen LogP contribution in [0.2, 0.25) is 0 Å². The second-order valence-electron chi connectivity index (χ2n) is 8.44. The van der Waals surface area contributed by atoms with Crippen molar-refractivity contribution in [2.24, 2.45) is 5.92 Å². The highest BCUT2D eigenvalue weighted by atomic mass is 15.1. The number of rotatable bonds is 16. The van der Waals surface area contributed by atoms with Gasteiger partial charge in [0.05, 0.1) is 0 Å². The molecule has 2 nitrogen and oxygen atoms in total. The minimum Gasteiger partial charge on any atom is -0.384 e. The predicted octanol–water partition coefficient (Wildman–Crippen LogP) is 6.77. The molecule has 0 spiro atoms. The number of hydrogen-bond acceptors (Lipinski definition) is 2. The van der Waals surface area contributed by atoms with Gasteiger partial charge in [0.2, 0.25) is 0 Å². The van der Waals surface area contributed by atoms with Crippen molar-refractivity contribution in [1.29, 1.82) is 0 Å². The maximum absolute atomic E-state index is 3.86. The Kier molecular flexibility index (Phi) is 14.4. The van der Waals surface area contributed by atoms with Crippen LogP contribution in [-0.4, -0.2) is 30.6 Å². The van der Waals surface area contributed by atoms with Crippen molar-refractivity contribution in [3.05, 3.63) is 11.8 Å². The molecule has 0 aromatic rings. The lowest BCUT2D eigenvalue weighted by Gasteiger charge is -2.39. The molecule has 0 rings (SSSR count). The Morgan fingerprint density at radius 3 is 2.00 bits per heavy atom. The van der Waals surface area contributed by atoms with Gasteiger partial charge < -0.3 is 10.2 Å². The van der Waals surface area contributed by atoms with E-state index in [9.17, 15) is 0 Å². The van der Waals surface area contributed by atoms with Crippen LogP contribution in [-0.2, 0) is 0 Å². The van der Waals surface area contributed by atoms with Crippen LogP contribution in [0.3, 0.4) is 0 Å². The maximum atomic E-state index is 3.86. The SMILES string of the molecule is CCCCC(CCCC)(CN(C)CCC(CC)CCC)NC=C(C)C. The van der Waals surface area contributed by atoms with E-state index in [1.54, 1.807) is 0 Å². The molecule has 0 aromatic heterocycles. The van der Waals surface area contributed by atoms with Crippen LogP contribution in [0.15, 0.2) is 11.8 Å². The average Bonchev–Trinajstić information content (AvgIpc) is 2.59. The van der Waals surface area contributed by atoms with E-state index in [1.165, 1.54) is 82.9 Å². The Morgan fingerprint density at radius 2 is 1.56 bits per heavy atom. The van der Waals surface area contributed by atoms with E-state index >= 15 is 0 Å². The summed E-state index contributed by atoms with van der Waals surface area (Å²) in [6, 6.07) is 0. The van der Waals surface area contributed by atoms with E-state index in [0.717, 1.165) is 5.92 Å². The lowest BCUT2D eigenvalue weighted by molar-refractivity contribution is 0.182. The third kappa shape index (κ3) is 11.7. The third-order valence-corrected chi connectivity index (χ3v) is 5.45. The lowest BCUT2D eigenvalue weighted by atomic mass is 9.86. The summed E-state index contributed by atoms with van der Waals surface area (Å²) in [5.74, 6) is 0.902. The molecule has 0 aliphatic rings. The number of nitrogens with one attached hydrogen (secondary N) is 1. The molecule has 0 amide bonds. The number of likely N-dealkylation sites (N-methyl/N-ethyl adjacent to an activating group) is 1. The molecule has 0 aliphatic heterocycles. The largest absolute Gasteiger partial charge is 0.384 e. The van der Waals surface area contributed by atoms with Gasteiger partial charge in [0, 0.05) is 12.1 Å². The minimum absolute atomic E-state index is 0.241. The van der Waals surface area contributed by atoms with Crippen molar-refractivity contribution in [3.63, 3.8) is 0 Å². The Labute approximate surface area is 159 Å². The zero-order valence-corrected chi connectivity index (χ0v) is 18.6. The first-order valence-electron chi connectivity index (χ1n) is 11.0. The van der Waals surface area contributed by atoms with Crippen LogP contribution in [0.25, 0.3) is 0 Å². The first kappa shape index (κ1) is 24.5. The van der Waals surface area contributed by atoms with E-state index in [1.807, 2.05) is 0 Å². The number of unbranched alkanes of at least 4 members (excludes halogenated alkanes) is 2. The summed E-state index contributed by atoms with van der Waals surface area (Å²) in [6.07, 6.45) is 15.4. The van der Waals surface area contributed by atoms with Gasteiger partial charge in [-0.25, -0.2) is 0 Å². The molecule has 150 valence electrons. The Hall–Kier alpha value is -0.500. The van der Waals surface area contributed by atoms with Crippen molar-refractivity contribution in [2.45, 2.75) is 111 Å². The Morgan fingerprint density at radius 1 is 0.960 bits per heavy atom. The molecule has 1 atom stereocenters. The standard InChI is InChI=1S/C23H48N2/c1-8-12-16-23(17-13-9-2,24-19-21(5)6)20-25(7)18-15-22(11-4)14-10-3/h19,22,24H,8-18,20H2,1-7H3. The Bertz CT molecular complexity index is 323. The van der Waals surface area contributed by atoms with Crippen molar-refractivity contribution in [3.8, 4) is 0 Å². The summed E-state index contributed by atoms with van der Waals surface area (Å²) in [5, 5.41) is 3.86. The van der Waals surface area contributed by atoms with Gasteiger partial charge in [-0.15, -0.1) is 0 Å². The number of hydrogen-bond donors (Lipinski definition) is 1. The van der Waals surface area contributed by atoms with E-state index in [-0.39, 0.29) is 5.54 Å². The predicted molar refractivity (Wildman–Crippen MR) is 115 cm³/mol. The van der Waals surface area contributed by atoms with Gasteiger partial charge in [0.15, 0.2) is 0 Å². The topological polar surface area (TPSA) is 15.3 Å². The van der Waals surface area contributed by atoms with Gasteiger partial charge in [-0.2, -0.15) is 0 Å². The third-order valence-electron chi connectivity index (χ3n) is 5.45. The zero-order valence-electron chi connectivity index (χ0n) is 18.6. The zero-order chi connectivity index (χ0) is 19.1. The summed E-state index contributed by atoms with van der Waals surface area (Å²) in [5.41, 5.74) is 1.61. The highest BCUT2D eigenvalue weighted by Gasteiger charge is 2.29. The molecule has 0 fully saturated rings. The highest BCUT2D eigenvalue weighted by molar-refractivity contribution is 5.00. The molecule has 0 saturated carbocycles. The molecule has 1 unspecified atom stereocenters. The number of allylic oxidation sites excluding steroid dienone is 1. The first-order valence-corrected chi connectivity index (χ1v) is 11.0. The van der Waals surface area contributed by atoms with Gasteiger partial charge in [0.1, 0.15) is 0 Å². The smallest absolute Gasteiger partial charge is 0.0494 e. The van der Waals surface area contributed by atoms with E-state index in [4.69, 9.17) is 0 Å². The second kappa shape index (κ2) is 14.6. The van der Waals surface area contributed by atoms with Crippen LogP contribution in [0, 0.1) is 5.92 Å². The molecule has 1 N–H and O–H groups in total. The molecule has 0 radical (unpaired) electrons. The fourth-order valence-electron chi connectivity index (χ4n) is 3.76. The molecular formula is C23H48N2. The molecular weight excluding hydrogens is 304 g/mol. The van der Waals surface area contributed by atoms with Gasteiger partial charge in [-0.1, -0.05) is 78.2 Å². The summed E-state index contributed by atoms with van der Waals surface area (Å²) < 4.78 is 0. The van der Waals surface area contributed by atoms with Crippen molar-refractivity contribution < 1.29 is 0 Å². The van der Waals surface area contributed by atoms with Gasteiger partial charge in [0.25, 0.3) is 0 Å². The second-order valence-corrected chi connectivity index (χ2v) is 8.44. The summed E-state index contributed by atoms with van der Waals surface area (Å²) in [7, 11) is 2.33. The van der Waals surface area contributed by atoms with Crippen LogP contribution in [0.1, 0.15) is 106 Å². The van der Waals surface area contributed by atoms with Gasteiger partial charge in [-0.3, -0.25) is 0 Å². The molecule has 0 heterocycles. The van der Waals surface area contributed by atoms with E-state index in [2.05, 4.69) is 65.0 Å². The fourth-order valence-corrected chi connectivity index (χ4v) is 3.76. The molecule has 0 bridgehead atoms. The van der Waals surface area contributed by atoms with Crippen LogP contribution in [0.5, 0.6) is 0 Å². The Balaban J connectivity index is 4.92. The van der Waals surface area contributed by atoms with Crippen LogP contribution >= 0.6 is 0 Å². The minimum atomic E-state index is 0.241. The molecule has 0 aromatic carbocycles. The van der Waals surface area contributed by atoms with Crippen LogP contribution in [0.4, 0.5) is 0 Å². The van der Waals surface area contributed by atoms with Gasteiger partial charge >= 0.3 is 0 Å². The number of nitrogens with zero attached hydrogens (tertiary/aromatic N) is 1. The van der Waals surface area contributed by atoms with Crippen molar-refractivity contribution in [2.75, 3.05) is 20.1 Å². The molecule has 0 aliphatic carbocycles. The summed E-state index contributed by atoms with van der Waals surface area (Å²) >= 11 is 0. The summed E-state index contributed by atoms with van der Waals surface area (Å²) in [4.78, 5) is 2.59. The normalized spacial score (nSPS) is 13.1. The fraction of sp³-hybridized carbons (Fsp3) is 0.913. The summed E-state index contributed by atoms with van der Waals surface area (Å²) in [6.45, 7) is 16.1. The first-order chi connectivity index (χ1) is 11.9. The molecule has 25 heavy (non-hydrogen) atoms. The highest BCUT2D eigenvalue weighted by Crippen LogP contribution is 2.24. The van der Waals surface area contributed by atoms with E-state index in [0.29, 0.717) is 0 Å². The monoisotopic (exact) mass is 352 g/mol. The molecule has 2 heteroatoms. The maximum Gasteiger partial charge on any atom is 0.0494 e. The van der Waals surface area contributed by atoms with Crippen molar-refractivity contribution in [1.82, 2.24) is 10.2 Å². The molecule has 0 saturated heterocycles. The lowest BCUT2D eigenvalue weighted by Crippen LogP contribution is -2.51. The average molecular weight is 353 g/mol. The van der Waals surface area contributed by atoms with E-state index < -0.39 is 0 Å².